The molecule has 31 heavy (non-hydrogen) atoms. The number of carbonyl (C=O) groups is 2. The summed E-state index contributed by atoms with van der Waals surface area (Å²) in [6.07, 6.45) is 0. The molecule has 1 aliphatic heterocycles. The van der Waals surface area contributed by atoms with Gasteiger partial charge in [-0.05, 0) is 41.8 Å². The molecule has 0 saturated carbocycles. The zero-order valence-electron chi connectivity index (χ0n) is 17.5. The van der Waals surface area contributed by atoms with Crippen molar-refractivity contribution in [2.45, 2.75) is 24.7 Å². The van der Waals surface area contributed by atoms with Gasteiger partial charge < -0.3 is 14.8 Å². The second kappa shape index (κ2) is 10.0. The Morgan fingerprint density at radius 1 is 1.10 bits per heavy atom. The van der Waals surface area contributed by atoms with Crippen LogP contribution in [0.25, 0.3) is 0 Å². The van der Waals surface area contributed by atoms with Crippen molar-refractivity contribution in [1.82, 2.24) is 4.31 Å². The van der Waals surface area contributed by atoms with E-state index >= 15 is 0 Å². The maximum Gasteiger partial charge on any atom is 0.338 e. The van der Waals surface area contributed by atoms with Crippen molar-refractivity contribution in [3.8, 4) is 0 Å². The van der Waals surface area contributed by atoms with Crippen molar-refractivity contribution < 1.29 is 27.5 Å². The smallest absolute Gasteiger partial charge is 0.338 e. The summed E-state index contributed by atoms with van der Waals surface area (Å²) in [5, 5.41) is 2.56. The average molecular weight is 447 g/mol. The number of nitrogens with zero attached hydrogens (tertiary/aromatic N) is 1. The summed E-state index contributed by atoms with van der Waals surface area (Å²) in [6, 6.07) is 13.0. The minimum absolute atomic E-state index is 0.0782. The lowest BCUT2D eigenvalue weighted by atomic mass is 10.0. The number of hydrogen-bond donors (Lipinski definition) is 1. The van der Waals surface area contributed by atoms with Gasteiger partial charge in [0.15, 0.2) is 6.61 Å². The first-order valence-corrected chi connectivity index (χ1v) is 11.5. The summed E-state index contributed by atoms with van der Waals surface area (Å²) in [5.74, 6) is -0.819. The standard InChI is InChI=1S/C22H26N2O6S/c1-16(2)17-6-8-18(9-7-17)22(26)30-15-21(25)23-19-4-3-5-20(14-19)31(27,28)24-10-12-29-13-11-24/h3-9,14,16H,10-13,15H2,1-2H3,(H,23,25). The average Bonchev–Trinajstić information content (AvgIpc) is 2.78. The minimum Gasteiger partial charge on any atom is -0.452 e. The van der Waals surface area contributed by atoms with Gasteiger partial charge >= 0.3 is 5.97 Å². The number of morpholine rings is 1. The Morgan fingerprint density at radius 3 is 2.42 bits per heavy atom. The van der Waals surface area contributed by atoms with E-state index in [9.17, 15) is 18.0 Å². The van der Waals surface area contributed by atoms with Crippen LogP contribution in [-0.4, -0.2) is 57.5 Å². The number of sulfonamides is 1. The number of benzene rings is 2. The van der Waals surface area contributed by atoms with Crippen LogP contribution in [0, 0.1) is 0 Å². The Balaban J connectivity index is 1.58. The highest BCUT2D eigenvalue weighted by Crippen LogP contribution is 2.20. The molecule has 1 fully saturated rings. The zero-order chi connectivity index (χ0) is 22.4. The SMILES string of the molecule is CC(C)c1ccc(C(=O)OCC(=O)Nc2cccc(S(=O)(=O)N3CCOCC3)c2)cc1. The summed E-state index contributed by atoms with van der Waals surface area (Å²) in [4.78, 5) is 24.4. The highest BCUT2D eigenvalue weighted by molar-refractivity contribution is 7.89. The highest BCUT2D eigenvalue weighted by atomic mass is 32.2. The lowest BCUT2D eigenvalue weighted by Crippen LogP contribution is -2.40. The molecule has 0 aromatic heterocycles. The number of hydrogen-bond acceptors (Lipinski definition) is 6. The fraction of sp³-hybridized carbons (Fsp3) is 0.364. The van der Waals surface area contributed by atoms with E-state index in [1.54, 1.807) is 24.3 Å². The maximum absolute atomic E-state index is 12.8. The lowest BCUT2D eigenvalue weighted by Gasteiger charge is -2.26. The van der Waals surface area contributed by atoms with Crippen molar-refractivity contribution in [3.63, 3.8) is 0 Å². The predicted molar refractivity (Wildman–Crippen MR) is 115 cm³/mol. The maximum atomic E-state index is 12.8. The third-order valence-electron chi connectivity index (χ3n) is 4.87. The topological polar surface area (TPSA) is 102 Å². The fourth-order valence-electron chi connectivity index (χ4n) is 3.09. The molecule has 0 spiro atoms. The van der Waals surface area contributed by atoms with Crippen LogP contribution in [0.5, 0.6) is 0 Å². The number of ether oxygens (including phenoxy) is 2. The van der Waals surface area contributed by atoms with E-state index < -0.39 is 28.5 Å². The normalized spacial score (nSPS) is 14.9. The van der Waals surface area contributed by atoms with E-state index in [1.807, 2.05) is 12.1 Å². The van der Waals surface area contributed by atoms with E-state index in [0.29, 0.717) is 30.4 Å². The van der Waals surface area contributed by atoms with Gasteiger partial charge in [0.1, 0.15) is 0 Å². The molecule has 0 bridgehead atoms. The van der Waals surface area contributed by atoms with Crippen molar-refractivity contribution >= 4 is 27.6 Å². The van der Waals surface area contributed by atoms with Crippen molar-refractivity contribution in [3.05, 3.63) is 59.7 Å². The van der Waals surface area contributed by atoms with Gasteiger partial charge in [0, 0.05) is 18.8 Å². The molecule has 166 valence electrons. The van der Waals surface area contributed by atoms with E-state index in [-0.39, 0.29) is 18.0 Å². The van der Waals surface area contributed by atoms with Crippen molar-refractivity contribution in [2.24, 2.45) is 0 Å². The van der Waals surface area contributed by atoms with Gasteiger partial charge in [-0.2, -0.15) is 4.31 Å². The van der Waals surface area contributed by atoms with E-state index in [4.69, 9.17) is 9.47 Å². The lowest BCUT2D eigenvalue weighted by molar-refractivity contribution is -0.119. The largest absolute Gasteiger partial charge is 0.452 e. The molecule has 8 nitrogen and oxygen atoms in total. The zero-order valence-corrected chi connectivity index (χ0v) is 18.4. The Morgan fingerprint density at radius 2 is 1.77 bits per heavy atom. The minimum atomic E-state index is -3.68. The van der Waals surface area contributed by atoms with E-state index in [2.05, 4.69) is 19.2 Å². The summed E-state index contributed by atoms with van der Waals surface area (Å²) in [7, 11) is -3.68. The van der Waals surface area contributed by atoms with E-state index in [1.165, 1.54) is 16.4 Å². The Hall–Kier alpha value is -2.75. The number of rotatable bonds is 7. The summed E-state index contributed by atoms with van der Waals surface area (Å²) in [5.41, 5.74) is 1.76. The van der Waals surface area contributed by atoms with Gasteiger partial charge in [-0.1, -0.05) is 32.0 Å². The third-order valence-corrected chi connectivity index (χ3v) is 6.77. The molecule has 0 radical (unpaired) electrons. The fourth-order valence-corrected chi connectivity index (χ4v) is 4.54. The monoisotopic (exact) mass is 446 g/mol. The number of nitrogens with one attached hydrogen (secondary N) is 1. The Labute approximate surface area is 182 Å². The molecule has 1 amide bonds. The van der Waals surface area contributed by atoms with Crippen molar-refractivity contribution in [1.29, 1.82) is 0 Å². The van der Waals surface area contributed by atoms with Gasteiger partial charge in [-0.15, -0.1) is 0 Å². The first-order valence-electron chi connectivity index (χ1n) is 10.0. The number of amides is 1. The summed E-state index contributed by atoms with van der Waals surface area (Å²) in [6.45, 7) is 4.89. The molecular formula is C22H26N2O6S. The van der Waals surface area contributed by atoms with Crippen LogP contribution in [-0.2, 0) is 24.3 Å². The molecular weight excluding hydrogens is 420 g/mol. The highest BCUT2D eigenvalue weighted by Gasteiger charge is 2.26. The predicted octanol–water partition coefficient (Wildman–Crippen LogP) is 2.63. The van der Waals surface area contributed by atoms with Crippen LogP contribution in [0.2, 0.25) is 0 Å². The molecule has 2 aromatic carbocycles. The van der Waals surface area contributed by atoms with Crippen LogP contribution in [0.3, 0.4) is 0 Å². The molecule has 9 heteroatoms. The molecule has 1 heterocycles. The van der Waals surface area contributed by atoms with Gasteiger partial charge in [0.25, 0.3) is 5.91 Å². The summed E-state index contributed by atoms with van der Waals surface area (Å²) >= 11 is 0. The Bertz CT molecular complexity index is 1030. The van der Waals surface area contributed by atoms with Crippen LogP contribution < -0.4 is 5.32 Å². The van der Waals surface area contributed by atoms with E-state index in [0.717, 1.165) is 5.56 Å². The molecule has 3 rings (SSSR count). The third kappa shape index (κ3) is 5.90. The first kappa shape index (κ1) is 22.9. The van der Waals surface area contributed by atoms with Crippen LogP contribution in [0.1, 0.15) is 35.7 Å². The molecule has 0 aliphatic carbocycles. The molecule has 1 N–H and O–H groups in total. The van der Waals surface area contributed by atoms with Crippen molar-refractivity contribution in [2.75, 3.05) is 38.2 Å². The van der Waals surface area contributed by atoms with Crippen LogP contribution in [0.4, 0.5) is 5.69 Å². The van der Waals surface area contributed by atoms with Gasteiger partial charge in [-0.25, -0.2) is 13.2 Å². The van der Waals surface area contributed by atoms with Gasteiger partial charge in [0.05, 0.1) is 23.7 Å². The number of esters is 1. The number of anilines is 1. The van der Waals surface area contributed by atoms with Gasteiger partial charge in [-0.3, -0.25) is 4.79 Å². The quantitative estimate of drug-likeness (QED) is 0.656. The van der Waals surface area contributed by atoms with Crippen LogP contribution in [0.15, 0.2) is 53.4 Å². The summed E-state index contributed by atoms with van der Waals surface area (Å²) < 4.78 is 37.1. The molecule has 0 atom stereocenters. The van der Waals surface area contributed by atoms with Gasteiger partial charge in [0.2, 0.25) is 10.0 Å². The molecule has 2 aromatic rings. The Kier molecular flexibility index (Phi) is 7.42. The molecule has 1 aliphatic rings. The second-order valence-electron chi connectivity index (χ2n) is 7.45. The number of carbonyl (C=O) groups excluding carboxylic acids is 2. The first-order chi connectivity index (χ1) is 14.8. The van der Waals surface area contributed by atoms with Crippen LogP contribution >= 0.6 is 0 Å². The molecule has 1 saturated heterocycles. The second-order valence-corrected chi connectivity index (χ2v) is 9.38. The molecule has 0 unspecified atom stereocenters.